The van der Waals surface area contributed by atoms with Gasteiger partial charge < -0.3 is 10.1 Å². The molecule has 1 amide bonds. The molecule has 0 aliphatic carbocycles. The highest BCUT2D eigenvalue weighted by Gasteiger charge is 2.24. The maximum absolute atomic E-state index is 12.8. The molecule has 1 N–H and O–H groups in total. The first-order valence-corrected chi connectivity index (χ1v) is 11.6. The summed E-state index contributed by atoms with van der Waals surface area (Å²) in [6.45, 7) is 1.57. The Morgan fingerprint density at radius 1 is 1.03 bits per heavy atom. The molecule has 1 fully saturated rings. The SMILES string of the molecule is COCc1ccccc1NC(=O)/C=C/c1ccc(S(=O)(=O)N2CCCCCC2)cc1. The number of amides is 1. The van der Waals surface area contributed by atoms with E-state index in [1.165, 1.54) is 6.08 Å². The molecule has 6 nitrogen and oxygen atoms in total. The Kier molecular flexibility index (Phi) is 7.79. The standard InChI is InChI=1S/C23H28N2O4S/c1-29-18-20-8-4-5-9-22(20)24-23(26)15-12-19-10-13-21(14-11-19)30(27,28)25-16-6-2-3-7-17-25/h4-5,8-15H,2-3,6-7,16-18H2,1H3,(H,24,26)/b15-12+. The van der Waals surface area contributed by atoms with E-state index in [4.69, 9.17) is 4.74 Å². The Hall–Kier alpha value is -2.48. The number of nitrogens with one attached hydrogen (secondary N) is 1. The maximum atomic E-state index is 12.8. The molecule has 2 aromatic rings. The molecule has 0 bridgehead atoms. The predicted molar refractivity (Wildman–Crippen MR) is 118 cm³/mol. The maximum Gasteiger partial charge on any atom is 0.248 e. The first kappa shape index (κ1) is 22.2. The Morgan fingerprint density at radius 3 is 2.37 bits per heavy atom. The van der Waals surface area contributed by atoms with Crippen LogP contribution in [0.15, 0.2) is 59.5 Å². The lowest BCUT2D eigenvalue weighted by atomic mass is 10.2. The predicted octanol–water partition coefficient (Wildman–Crippen LogP) is 4.05. The first-order valence-electron chi connectivity index (χ1n) is 10.2. The minimum absolute atomic E-state index is 0.264. The fourth-order valence-corrected chi connectivity index (χ4v) is 4.97. The van der Waals surface area contributed by atoms with Crippen molar-refractivity contribution in [1.29, 1.82) is 0 Å². The van der Waals surface area contributed by atoms with Gasteiger partial charge in [-0.25, -0.2) is 8.42 Å². The molecule has 3 rings (SSSR count). The Morgan fingerprint density at radius 2 is 1.70 bits per heavy atom. The van der Waals surface area contributed by atoms with Crippen molar-refractivity contribution < 1.29 is 17.9 Å². The van der Waals surface area contributed by atoms with Gasteiger partial charge in [-0.05, 0) is 42.7 Å². The molecule has 1 aliphatic rings. The topological polar surface area (TPSA) is 75.7 Å². The van der Waals surface area contributed by atoms with Crippen molar-refractivity contribution in [3.05, 3.63) is 65.7 Å². The zero-order chi connectivity index (χ0) is 21.4. The van der Waals surface area contributed by atoms with Gasteiger partial charge in [-0.2, -0.15) is 4.31 Å². The molecule has 0 unspecified atom stereocenters. The van der Waals surface area contributed by atoms with Crippen LogP contribution in [0, 0.1) is 0 Å². The van der Waals surface area contributed by atoms with Gasteiger partial charge in [0.05, 0.1) is 11.5 Å². The van der Waals surface area contributed by atoms with Gasteiger partial charge >= 0.3 is 0 Å². The van der Waals surface area contributed by atoms with E-state index in [-0.39, 0.29) is 5.91 Å². The Bertz CT molecular complexity index is 977. The van der Waals surface area contributed by atoms with Gasteiger partial charge in [-0.3, -0.25) is 4.79 Å². The first-order chi connectivity index (χ1) is 14.5. The van der Waals surface area contributed by atoms with E-state index in [2.05, 4.69) is 5.32 Å². The van der Waals surface area contributed by atoms with Gasteiger partial charge in [-0.15, -0.1) is 0 Å². The van der Waals surface area contributed by atoms with E-state index in [9.17, 15) is 13.2 Å². The van der Waals surface area contributed by atoms with Crippen molar-refractivity contribution in [3.63, 3.8) is 0 Å². The quantitative estimate of drug-likeness (QED) is 0.675. The number of rotatable bonds is 7. The molecule has 1 saturated heterocycles. The molecule has 30 heavy (non-hydrogen) atoms. The van der Waals surface area contributed by atoms with E-state index in [0.29, 0.717) is 30.3 Å². The van der Waals surface area contributed by atoms with E-state index in [1.807, 2.05) is 24.3 Å². The van der Waals surface area contributed by atoms with Gasteiger partial charge in [-0.1, -0.05) is 43.2 Å². The van der Waals surface area contributed by atoms with Crippen molar-refractivity contribution in [2.75, 3.05) is 25.5 Å². The third kappa shape index (κ3) is 5.78. The van der Waals surface area contributed by atoms with Gasteiger partial charge in [0.25, 0.3) is 0 Å². The van der Waals surface area contributed by atoms with E-state index in [0.717, 1.165) is 36.8 Å². The minimum atomic E-state index is -3.47. The van der Waals surface area contributed by atoms with Crippen LogP contribution in [0.25, 0.3) is 6.08 Å². The number of carbonyl (C=O) groups is 1. The van der Waals surface area contributed by atoms with Crippen LogP contribution in [0.1, 0.15) is 36.8 Å². The largest absolute Gasteiger partial charge is 0.380 e. The highest BCUT2D eigenvalue weighted by Crippen LogP contribution is 2.21. The number of methoxy groups -OCH3 is 1. The summed E-state index contributed by atoms with van der Waals surface area (Å²) in [6, 6.07) is 14.1. The number of para-hydroxylation sites is 1. The third-order valence-electron chi connectivity index (χ3n) is 5.09. The molecule has 0 spiro atoms. The number of nitrogens with zero attached hydrogens (tertiary/aromatic N) is 1. The van der Waals surface area contributed by atoms with Crippen LogP contribution in [0.4, 0.5) is 5.69 Å². The summed E-state index contributed by atoms with van der Waals surface area (Å²) in [7, 11) is -1.86. The van der Waals surface area contributed by atoms with Crippen LogP contribution in [0.3, 0.4) is 0 Å². The fourth-order valence-electron chi connectivity index (χ4n) is 3.45. The number of hydrogen-bond acceptors (Lipinski definition) is 4. The van der Waals surface area contributed by atoms with Crippen LogP contribution in [-0.4, -0.2) is 38.8 Å². The lowest BCUT2D eigenvalue weighted by Gasteiger charge is -2.19. The van der Waals surface area contributed by atoms with Crippen molar-refractivity contribution in [3.8, 4) is 0 Å². The highest BCUT2D eigenvalue weighted by molar-refractivity contribution is 7.89. The molecule has 2 aromatic carbocycles. The Balaban J connectivity index is 1.65. The van der Waals surface area contributed by atoms with Crippen LogP contribution in [-0.2, 0) is 26.2 Å². The molecule has 0 aromatic heterocycles. The molecule has 0 atom stereocenters. The van der Waals surface area contributed by atoms with Crippen molar-refractivity contribution in [1.82, 2.24) is 4.31 Å². The summed E-state index contributed by atoms with van der Waals surface area (Å²) in [5.41, 5.74) is 2.35. The number of anilines is 1. The highest BCUT2D eigenvalue weighted by atomic mass is 32.2. The van der Waals surface area contributed by atoms with Gasteiger partial charge in [0, 0.05) is 37.5 Å². The monoisotopic (exact) mass is 428 g/mol. The van der Waals surface area contributed by atoms with Gasteiger partial charge in [0.15, 0.2) is 0 Å². The lowest BCUT2D eigenvalue weighted by Crippen LogP contribution is -2.31. The van der Waals surface area contributed by atoms with E-state index in [1.54, 1.807) is 41.8 Å². The van der Waals surface area contributed by atoms with Crippen LogP contribution < -0.4 is 5.32 Å². The third-order valence-corrected chi connectivity index (χ3v) is 7.00. The Labute approximate surface area is 178 Å². The number of carbonyl (C=O) groups excluding carboxylic acids is 1. The second-order valence-electron chi connectivity index (χ2n) is 7.30. The number of hydrogen-bond donors (Lipinski definition) is 1. The van der Waals surface area contributed by atoms with Crippen molar-refractivity contribution in [2.24, 2.45) is 0 Å². The molecule has 1 heterocycles. The summed E-state index contributed by atoms with van der Waals surface area (Å²) in [5.74, 6) is -0.264. The van der Waals surface area contributed by atoms with Crippen LogP contribution in [0.2, 0.25) is 0 Å². The molecule has 160 valence electrons. The minimum Gasteiger partial charge on any atom is -0.380 e. The average molecular weight is 429 g/mol. The molecule has 1 aliphatic heterocycles. The summed E-state index contributed by atoms with van der Waals surface area (Å²) < 4.78 is 32.4. The molecular formula is C23H28N2O4S. The summed E-state index contributed by atoms with van der Waals surface area (Å²) in [6.07, 6.45) is 7.06. The second-order valence-corrected chi connectivity index (χ2v) is 9.24. The van der Waals surface area contributed by atoms with Gasteiger partial charge in [0.2, 0.25) is 15.9 Å². The fraction of sp³-hybridized carbons (Fsp3) is 0.348. The second kappa shape index (κ2) is 10.5. The summed E-state index contributed by atoms with van der Waals surface area (Å²) in [5, 5.41) is 2.84. The smallest absolute Gasteiger partial charge is 0.248 e. The summed E-state index contributed by atoms with van der Waals surface area (Å²) in [4.78, 5) is 12.6. The average Bonchev–Trinajstić information content (AvgIpc) is 3.04. The molecule has 0 saturated carbocycles. The van der Waals surface area contributed by atoms with E-state index < -0.39 is 10.0 Å². The van der Waals surface area contributed by atoms with E-state index >= 15 is 0 Å². The summed E-state index contributed by atoms with van der Waals surface area (Å²) >= 11 is 0. The van der Waals surface area contributed by atoms with Crippen LogP contribution in [0.5, 0.6) is 0 Å². The number of sulfonamides is 1. The number of ether oxygens (including phenoxy) is 1. The number of benzene rings is 2. The van der Waals surface area contributed by atoms with Crippen molar-refractivity contribution >= 4 is 27.7 Å². The molecular weight excluding hydrogens is 400 g/mol. The van der Waals surface area contributed by atoms with Crippen molar-refractivity contribution in [2.45, 2.75) is 37.2 Å². The lowest BCUT2D eigenvalue weighted by molar-refractivity contribution is -0.111. The van der Waals surface area contributed by atoms with Crippen LogP contribution >= 0.6 is 0 Å². The molecule has 7 heteroatoms. The normalized spacial score (nSPS) is 15.8. The zero-order valence-electron chi connectivity index (χ0n) is 17.2. The van der Waals surface area contributed by atoms with Gasteiger partial charge in [0.1, 0.15) is 0 Å². The zero-order valence-corrected chi connectivity index (χ0v) is 18.0. The molecule has 0 radical (unpaired) electrons.